The molecule has 0 saturated carbocycles. The lowest BCUT2D eigenvalue weighted by atomic mass is 9.97. The lowest BCUT2D eigenvalue weighted by Crippen LogP contribution is -1.95. The van der Waals surface area contributed by atoms with Gasteiger partial charge in [0.05, 0.1) is 0 Å². The molecule has 1 heteroatoms. The van der Waals surface area contributed by atoms with Crippen molar-refractivity contribution >= 4 is 16.3 Å². The van der Waals surface area contributed by atoms with E-state index >= 15 is 0 Å². The van der Waals surface area contributed by atoms with Crippen LogP contribution >= 0.6 is 0 Å². The second-order valence-corrected chi connectivity index (χ2v) is 7.25. The molecule has 134 valence electrons. The molecule has 4 rings (SSSR count). The summed E-state index contributed by atoms with van der Waals surface area (Å²) in [5, 5.41) is 2.75. The van der Waals surface area contributed by atoms with E-state index in [9.17, 15) is 4.39 Å². The van der Waals surface area contributed by atoms with Gasteiger partial charge in [-0.1, -0.05) is 54.6 Å². The van der Waals surface area contributed by atoms with Gasteiger partial charge in [0, 0.05) is 5.56 Å². The minimum atomic E-state index is -0.0295. The lowest BCUT2D eigenvalue weighted by molar-refractivity contribution is 0.612. The Balaban J connectivity index is 0.000000152. The molecule has 0 aliphatic heterocycles. The van der Waals surface area contributed by atoms with Crippen molar-refractivity contribution in [2.75, 3.05) is 0 Å². The highest BCUT2D eigenvalue weighted by Crippen LogP contribution is 2.32. The van der Waals surface area contributed by atoms with E-state index in [1.54, 1.807) is 0 Å². The third kappa shape index (κ3) is 3.72. The minimum Gasteiger partial charge on any atom is -0.206 e. The average molecular weight is 346 g/mol. The fraction of sp³-hybridized carbons (Fsp3) is 0.280. The maximum atomic E-state index is 13.9. The topological polar surface area (TPSA) is 0 Å². The molecular weight excluding hydrogens is 319 g/mol. The zero-order chi connectivity index (χ0) is 18.7. The van der Waals surface area contributed by atoms with Crippen molar-refractivity contribution in [2.45, 2.75) is 47.0 Å². The molecule has 3 aromatic rings. The third-order valence-corrected chi connectivity index (χ3v) is 5.27. The summed E-state index contributed by atoms with van der Waals surface area (Å²) in [6.45, 7) is 8.12. The van der Waals surface area contributed by atoms with E-state index in [-0.39, 0.29) is 5.82 Å². The van der Waals surface area contributed by atoms with Crippen LogP contribution in [0.3, 0.4) is 0 Å². The standard InChI is InChI=1S/C13H15F.C12H12/c1-9-7-8-10(2)13(14)12(9)11-5-3-4-6-11;1-9-7-8-10(2)12-6-4-3-5-11(9)12/h5,7-8H,3-4,6H2,1-2H3;3-8H,1-2H3. The molecule has 0 saturated heterocycles. The summed E-state index contributed by atoms with van der Waals surface area (Å²) in [7, 11) is 0. The Morgan fingerprint density at radius 2 is 1.23 bits per heavy atom. The molecule has 3 aromatic carbocycles. The van der Waals surface area contributed by atoms with Gasteiger partial charge in [0.25, 0.3) is 0 Å². The summed E-state index contributed by atoms with van der Waals surface area (Å²) in [4.78, 5) is 0. The van der Waals surface area contributed by atoms with Crippen LogP contribution in [0.15, 0.2) is 54.6 Å². The Morgan fingerprint density at radius 3 is 1.77 bits per heavy atom. The fourth-order valence-corrected chi connectivity index (χ4v) is 3.67. The summed E-state index contributed by atoms with van der Waals surface area (Å²) < 4.78 is 13.9. The van der Waals surface area contributed by atoms with Crippen molar-refractivity contribution in [3.05, 3.63) is 88.2 Å². The summed E-state index contributed by atoms with van der Waals surface area (Å²) in [5.41, 5.74) is 6.57. The first-order valence-electron chi connectivity index (χ1n) is 9.39. The third-order valence-electron chi connectivity index (χ3n) is 5.27. The first-order valence-corrected chi connectivity index (χ1v) is 9.39. The van der Waals surface area contributed by atoms with Crippen LogP contribution in [0, 0.1) is 33.5 Å². The number of hydrogen-bond donors (Lipinski definition) is 0. The van der Waals surface area contributed by atoms with Crippen LogP contribution in [0.2, 0.25) is 0 Å². The zero-order valence-corrected chi connectivity index (χ0v) is 16.2. The van der Waals surface area contributed by atoms with E-state index in [0.29, 0.717) is 0 Å². The van der Waals surface area contributed by atoms with Crippen LogP contribution in [-0.2, 0) is 0 Å². The Hall–Kier alpha value is -2.41. The van der Waals surface area contributed by atoms with Gasteiger partial charge in [-0.2, -0.15) is 0 Å². The van der Waals surface area contributed by atoms with Crippen LogP contribution in [0.5, 0.6) is 0 Å². The van der Waals surface area contributed by atoms with Crippen LogP contribution in [0.1, 0.15) is 47.1 Å². The summed E-state index contributed by atoms with van der Waals surface area (Å²) in [6.07, 6.45) is 5.47. The predicted molar refractivity (Wildman–Crippen MR) is 111 cm³/mol. The zero-order valence-electron chi connectivity index (χ0n) is 16.2. The average Bonchev–Trinajstić information content (AvgIpc) is 3.17. The number of halogens is 1. The van der Waals surface area contributed by atoms with Crippen LogP contribution < -0.4 is 0 Å². The van der Waals surface area contributed by atoms with Gasteiger partial charge in [0.1, 0.15) is 5.82 Å². The largest absolute Gasteiger partial charge is 0.206 e. The summed E-state index contributed by atoms with van der Waals surface area (Å²) in [6, 6.07) is 16.8. The van der Waals surface area contributed by atoms with Crippen molar-refractivity contribution in [3.63, 3.8) is 0 Å². The van der Waals surface area contributed by atoms with Gasteiger partial charge < -0.3 is 0 Å². The number of allylic oxidation sites excluding steroid dienone is 2. The SMILES string of the molecule is Cc1ccc(C)c(C2=CCCC2)c1F.Cc1ccc(C)c2ccccc12. The summed E-state index contributed by atoms with van der Waals surface area (Å²) in [5.74, 6) is -0.0295. The monoisotopic (exact) mass is 346 g/mol. The van der Waals surface area contributed by atoms with Gasteiger partial charge in [0.2, 0.25) is 0 Å². The van der Waals surface area contributed by atoms with E-state index in [0.717, 1.165) is 29.5 Å². The van der Waals surface area contributed by atoms with Crippen molar-refractivity contribution < 1.29 is 4.39 Å². The Kier molecular flexibility index (Phi) is 5.56. The van der Waals surface area contributed by atoms with E-state index in [1.807, 2.05) is 26.0 Å². The molecule has 1 aliphatic rings. The molecule has 0 heterocycles. The van der Waals surface area contributed by atoms with E-state index < -0.39 is 0 Å². The molecule has 0 aromatic heterocycles. The number of benzene rings is 3. The second kappa shape index (κ2) is 7.86. The fourth-order valence-electron chi connectivity index (χ4n) is 3.67. The van der Waals surface area contributed by atoms with E-state index in [2.05, 4.69) is 56.3 Å². The number of rotatable bonds is 1. The second-order valence-electron chi connectivity index (χ2n) is 7.25. The van der Waals surface area contributed by atoms with Crippen LogP contribution in [0.4, 0.5) is 4.39 Å². The predicted octanol–water partition coefficient (Wildman–Crippen LogP) is 7.47. The molecule has 26 heavy (non-hydrogen) atoms. The van der Waals surface area contributed by atoms with Gasteiger partial charge in [-0.25, -0.2) is 4.39 Å². The molecule has 1 aliphatic carbocycles. The number of hydrogen-bond acceptors (Lipinski definition) is 0. The van der Waals surface area contributed by atoms with Crippen molar-refractivity contribution in [3.8, 4) is 0 Å². The van der Waals surface area contributed by atoms with Crippen molar-refractivity contribution in [1.82, 2.24) is 0 Å². The van der Waals surface area contributed by atoms with Gasteiger partial charge in [-0.15, -0.1) is 0 Å². The molecule has 0 bridgehead atoms. The van der Waals surface area contributed by atoms with Gasteiger partial charge in [0.15, 0.2) is 0 Å². The molecule has 0 unspecified atom stereocenters. The highest BCUT2D eigenvalue weighted by atomic mass is 19.1. The normalized spacial score (nSPS) is 13.3. The van der Waals surface area contributed by atoms with Crippen molar-refractivity contribution in [1.29, 1.82) is 0 Å². The Bertz CT molecular complexity index is 923. The Labute approximate surface area is 156 Å². The van der Waals surface area contributed by atoms with Crippen molar-refractivity contribution in [2.24, 2.45) is 0 Å². The molecule has 0 radical (unpaired) electrons. The molecule has 0 fully saturated rings. The first-order chi connectivity index (χ1) is 12.5. The highest BCUT2D eigenvalue weighted by Gasteiger charge is 2.15. The van der Waals surface area contributed by atoms with E-state index in [4.69, 9.17) is 0 Å². The molecular formula is C25H27F. The smallest absolute Gasteiger partial charge is 0.133 e. The Morgan fingerprint density at radius 1 is 0.692 bits per heavy atom. The van der Waals surface area contributed by atoms with Crippen LogP contribution in [0.25, 0.3) is 16.3 Å². The minimum absolute atomic E-state index is 0.0295. The number of fused-ring (bicyclic) bond motifs is 1. The maximum absolute atomic E-state index is 13.9. The van der Waals surface area contributed by atoms with Gasteiger partial charge >= 0.3 is 0 Å². The van der Waals surface area contributed by atoms with E-state index in [1.165, 1.54) is 33.9 Å². The van der Waals surface area contributed by atoms with Crippen LogP contribution in [-0.4, -0.2) is 0 Å². The molecule has 0 spiro atoms. The molecule has 0 nitrogen and oxygen atoms in total. The first kappa shape index (κ1) is 18.4. The summed E-state index contributed by atoms with van der Waals surface area (Å²) >= 11 is 0. The maximum Gasteiger partial charge on any atom is 0.133 e. The van der Waals surface area contributed by atoms with Gasteiger partial charge in [-0.3, -0.25) is 0 Å². The molecule has 0 amide bonds. The lowest BCUT2D eigenvalue weighted by Gasteiger charge is -2.10. The number of aryl methyl sites for hydroxylation is 4. The quantitative estimate of drug-likeness (QED) is 0.429. The van der Waals surface area contributed by atoms with Gasteiger partial charge in [-0.05, 0) is 85.6 Å². The highest BCUT2D eigenvalue weighted by molar-refractivity contribution is 5.88. The molecule has 0 N–H and O–H groups in total. The molecule has 0 atom stereocenters.